The lowest BCUT2D eigenvalue weighted by Gasteiger charge is -2.07. The zero-order chi connectivity index (χ0) is 13.7. The van der Waals surface area contributed by atoms with Crippen LogP contribution in [0.25, 0.3) is 0 Å². The fourth-order valence-corrected chi connectivity index (χ4v) is 1.25. The predicted octanol–water partition coefficient (Wildman–Crippen LogP) is 1.10. The quantitative estimate of drug-likeness (QED) is 0.365. The molecule has 1 atom stereocenters. The zero-order valence-electron chi connectivity index (χ0n) is 10.3. The van der Waals surface area contributed by atoms with Gasteiger partial charge in [-0.05, 0) is 38.1 Å². The number of rotatable bonds is 5. The van der Waals surface area contributed by atoms with Crippen LogP contribution in [0.3, 0.4) is 0 Å². The third kappa shape index (κ3) is 4.10. The molecule has 2 N–H and O–H groups in total. The first kappa shape index (κ1) is 14.1. The molecule has 1 aromatic carbocycles. The summed E-state index contributed by atoms with van der Waals surface area (Å²) in [7, 11) is 0. The van der Waals surface area contributed by atoms with Crippen molar-refractivity contribution in [2.75, 3.05) is 0 Å². The second-order valence-corrected chi connectivity index (χ2v) is 4.04. The summed E-state index contributed by atoms with van der Waals surface area (Å²) in [4.78, 5) is 33.6. The van der Waals surface area contributed by atoms with Crippen LogP contribution in [0.1, 0.15) is 30.6 Å². The van der Waals surface area contributed by atoms with Crippen molar-refractivity contribution in [2.45, 2.75) is 26.3 Å². The molecule has 0 fully saturated rings. The van der Waals surface area contributed by atoms with Crippen molar-refractivity contribution in [1.82, 2.24) is 0 Å². The van der Waals surface area contributed by atoms with E-state index < -0.39 is 12.0 Å². The molecule has 0 unspecified atom stereocenters. The summed E-state index contributed by atoms with van der Waals surface area (Å²) in [5.41, 5.74) is 5.76. The van der Waals surface area contributed by atoms with Gasteiger partial charge in [-0.2, -0.15) is 0 Å². The number of hydrogen-bond acceptors (Lipinski definition) is 5. The number of esters is 1. The first-order chi connectivity index (χ1) is 8.40. The molecule has 0 aliphatic rings. The molecule has 0 bridgehead atoms. The zero-order valence-corrected chi connectivity index (χ0v) is 10.3. The molecule has 0 saturated carbocycles. The number of ketones is 2. The number of carbonyl (C=O) groups excluding carboxylic acids is 3. The maximum atomic E-state index is 11.5. The van der Waals surface area contributed by atoms with Crippen molar-refractivity contribution in [3.63, 3.8) is 0 Å². The third-order valence-corrected chi connectivity index (χ3v) is 2.18. The van der Waals surface area contributed by atoms with Crippen LogP contribution in [-0.2, 0) is 9.59 Å². The van der Waals surface area contributed by atoms with Gasteiger partial charge in [0.2, 0.25) is 0 Å². The Bertz CT molecular complexity index is 462. The molecular formula is C13H15NO4. The highest BCUT2D eigenvalue weighted by Gasteiger charge is 2.12. The van der Waals surface area contributed by atoms with E-state index in [2.05, 4.69) is 0 Å². The van der Waals surface area contributed by atoms with Gasteiger partial charge in [0.1, 0.15) is 17.6 Å². The summed E-state index contributed by atoms with van der Waals surface area (Å²) in [5, 5.41) is 0. The Morgan fingerprint density at radius 3 is 2.22 bits per heavy atom. The van der Waals surface area contributed by atoms with E-state index in [4.69, 9.17) is 10.5 Å². The van der Waals surface area contributed by atoms with Gasteiger partial charge in [-0.15, -0.1) is 0 Å². The minimum absolute atomic E-state index is 0.126. The number of benzene rings is 1. The van der Waals surface area contributed by atoms with Crippen LogP contribution in [0.5, 0.6) is 5.75 Å². The Balaban J connectivity index is 2.71. The molecule has 5 heteroatoms. The highest BCUT2D eigenvalue weighted by molar-refractivity contribution is 6.07. The highest BCUT2D eigenvalue weighted by atomic mass is 16.5. The maximum absolute atomic E-state index is 11.5. The van der Waals surface area contributed by atoms with Crippen LogP contribution in [-0.4, -0.2) is 23.6 Å². The molecule has 96 valence electrons. The van der Waals surface area contributed by atoms with E-state index in [1.165, 1.54) is 38.1 Å². The monoisotopic (exact) mass is 249 g/mol. The standard InChI is InChI=1S/C13H15NO4/c1-8(15)7-12(16)10-3-5-11(6-4-10)18-13(17)9(2)14/h3-6,9H,7,14H2,1-2H3/t9-/m0/s1. The van der Waals surface area contributed by atoms with Crippen LogP contribution in [0.2, 0.25) is 0 Å². The van der Waals surface area contributed by atoms with Crippen LogP contribution in [0.15, 0.2) is 24.3 Å². The molecule has 0 heterocycles. The van der Waals surface area contributed by atoms with Gasteiger partial charge in [-0.3, -0.25) is 9.59 Å². The molecule has 1 rings (SSSR count). The van der Waals surface area contributed by atoms with Crippen LogP contribution >= 0.6 is 0 Å². The van der Waals surface area contributed by atoms with Gasteiger partial charge in [0.05, 0.1) is 6.42 Å². The van der Waals surface area contributed by atoms with E-state index in [0.717, 1.165) is 0 Å². The summed E-state index contributed by atoms with van der Waals surface area (Å²) >= 11 is 0. The van der Waals surface area contributed by atoms with E-state index >= 15 is 0 Å². The summed E-state index contributed by atoms with van der Waals surface area (Å²) in [6.45, 7) is 2.88. The highest BCUT2D eigenvalue weighted by Crippen LogP contribution is 2.14. The molecule has 5 nitrogen and oxygen atoms in total. The van der Waals surface area contributed by atoms with Crippen LogP contribution in [0.4, 0.5) is 0 Å². The molecule has 0 aromatic heterocycles. The topological polar surface area (TPSA) is 86.5 Å². The normalized spacial score (nSPS) is 11.7. The first-order valence-electron chi connectivity index (χ1n) is 5.50. The maximum Gasteiger partial charge on any atom is 0.328 e. The van der Waals surface area contributed by atoms with Gasteiger partial charge >= 0.3 is 5.97 Å². The average molecular weight is 249 g/mol. The summed E-state index contributed by atoms with van der Waals surface area (Å²) < 4.78 is 4.95. The lowest BCUT2D eigenvalue weighted by atomic mass is 10.1. The van der Waals surface area contributed by atoms with E-state index in [0.29, 0.717) is 11.3 Å². The number of ether oxygens (including phenoxy) is 1. The minimum Gasteiger partial charge on any atom is -0.425 e. The molecule has 0 aliphatic heterocycles. The molecular weight excluding hydrogens is 234 g/mol. The van der Waals surface area contributed by atoms with Gasteiger partial charge in [0.15, 0.2) is 5.78 Å². The Labute approximate surface area is 105 Å². The SMILES string of the molecule is CC(=O)CC(=O)c1ccc(OC(=O)[C@H](C)N)cc1. The van der Waals surface area contributed by atoms with E-state index in [-0.39, 0.29) is 18.0 Å². The van der Waals surface area contributed by atoms with E-state index in [1.807, 2.05) is 0 Å². The van der Waals surface area contributed by atoms with E-state index in [9.17, 15) is 14.4 Å². The average Bonchev–Trinajstić information content (AvgIpc) is 2.28. The van der Waals surface area contributed by atoms with Gasteiger partial charge in [0.25, 0.3) is 0 Å². The second-order valence-electron chi connectivity index (χ2n) is 4.04. The molecule has 0 spiro atoms. The van der Waals surface area contributed by atoms with Crippen molar-refractivity contribution >= 4 is 17.5 Å². The molecule has 18 heavy (non-hydrogen) atoms. The molecule has 0 radical (unpaired) electrons. The molecule has 0 aliphatic carbocycles. The van der Waals surface area contributed by atoms with Crippen molar-refractivity contribution in [3.05, 3.63) is 29.8 Å². The summed E-state index contributed by atoms with van der Waals surface area (Å²) in [6, 6.07) is 5.30. The Hall–Kier alpha value is -2.01. The van der Waals surface area contributed by atoms with Crippen molar-refractivity contribution < 1.29 is 19.1 Å². The molecule has 0 saturated heterocycles. The smallest absolute Gasteiger partial charge is 0.328 e. The number of hydrogen-bond donors (Lipinski definition) is 1. The first-order valence-corrected chi connectivity index (χ1v) is 5.50. The van der Waals surface area contributed by atoms with Gasteiger partial charge in [-0.25, -0.2) is 4.79 Å². The molecule has 0 amide bonds. The van der Waals surface area contributed by atoms with Gasteiger partial charge in [0, 0.05) is 5.56 Å². The van der Waals surface area contributed by atoms with Crippen molar-refractivity contribution in [2.24, 2.45) is 5.73 Å². The summed E-state index contributed by atoms with van der Waals surface area (Å²) in [5.74, 6) is -0.672. The molecule has 1 aromatic rings. The fourth-order valence-electron chi connectivity index (χ4n) is 1.25. The lowest BCUT2D eigenvalue weighted by molar-refractivity contribution is -0.135. The van der Waals surface area contributed by atoms with Crippen molar-refractivity contribution in [1.29, 1.82) is 0 Å². The fraction of sp³-hybridized carbons (Fsp3) is 0.308. The third-order valence-electron chi connectivity index (χ3n) is 2.18. The van der Waals surface area contributed by atoms with Crippen LogP contribution in [0, 0.1) is 0 Å². The van der Waals surface area contributed by atoms with Gasteiger partial charge < -0.3 is 10.5 Å². The minimum atomic E-state index is -0.705. The van der Waals surface area contributed by atoms with E-state index in [1.54, 1.807) is 0 Å². The second kappa shape index (κ2) is 6.07. The van der Waals surface area contributed by atoms with Gasteiger partial charge in [-0.1, -0.05) is 0 Å². The number of nitrogens with two attached hydrogens (primary N) is 1. The Kier molecular flexibility index (Phi) is 4.74. The number of carbonyl (C=O) groups is 3. The Morgan fingerprint density at radius 2 is 1.78 bits per heavy atom. The van der Waals surface area contributed by atoms with Crippen LogP contribution < -0.4 is 10.5 Å². The largest absolute Gasteiger partial charge is 0.425 e. The predicted molar refractivity (Wildman–Crippen MR) is 65.4 cm³/mol. The Morgan fingerprint density at radius 1 is 1.22 bits per heavy atom. The summed E-state index contributed by atoms with van der Waals surface area (Å²) in [6.07, 6.45) is -0.126. The number of Topliss-reactive ketones (excluding diaryl/α,β-unsaturated/α-hetero) is 2. The van der Waals surface area contributed by atoms with Crippen molar-refractivity contribution in [3.8, 4) is 5.75 Å². The lowest BCUT2D eigenvalue weighted by Crippen LogP contribution is -2.30.